The van der Waals surface area contributed by atoms with E-state index in [4.69, 9.17) is 11.2 Å². The largest absolute Gasteiger partial charge is 0.508 e. The highest BCUT2D eigenvalue weighted by atomic mass is 19.1. The molecule has 3 fully saturated rings. The highest BCUT2D eigenvalue weighted by Crippen LogP contribution is 2.40. The van der Waals surface area contributed by atoms with E-state index in [1.165, 1.54) is 44.2 Å². The molecule has 0 aliphatic carbocycles. The average molecular weight is 600 g/mol. The number of nitriles is 1. The van der Waals surface area contributed by atoms with Crippen molar-refractivity contribution in [1.82, 2.24) is 14.9 Å². The number of hydrogen-bond acceptors (Lipinski definition) is 7. The third kappa shape index (κ3) is 5.46. The summed E-state index contributed by atoms with van der Waals surface area (Å²) in [5.74, 6) is 1.46. The van der Waals surface area contributed by atoms with Crippen molar-refractivity contribution in [3.8, 4) is 41.3 Å². The van der Waals surface area contributed by atoms with Crippen LogP contribution < -0.4 is 9.64 Å². The van der Waals surface area contributed by atoms with Gasteiger partial charge in [0.15, 0.2) is 5.82 Å². The van der Waals surface area contributed by atoms with Crippen LogP contribution in [0.3, 0.4) is 0 Å². The van der Waals surface area contributed by atoms with Crippen LogP contribution in [-0.4, -0.2) is 65.5 Å². The molecule has 3 aromatic carbocycles. The second kappa shape index (κ2) is 12.2. The number of fused-ring (bicyclic) bond motifs is 3. The van der Waals surface area contributed by atoms with Gasteiger partial charge >= 0.3 is 6.01 Å². The SMILES string of the molecule is C#Cc1c(F)ccc2cc(O)cc(-c3ccc4c(N5CCC(C#N)CC5)nc(OC)nc4c3F)c12.FC1CC2CCCN2C1. The Hall–Kier alpha value is -4.54. The van der Waals surface area contributed by atoms with Crippen molar-refractivity contribution in [2.75, 3.05) is 38.2 Å². The summed E-state index contributed by atoms with van der Waals surface area (Å²) < 4.78 is 48.5. The topological polar surface area (TPSA) is 85.5 Å². The normalized spacial score (nSPS) is 20.2. The number of phenolic OH excluding ortho intramolecular Hbond substituents is 1. The molecule has 3 aliphatic rings. The van der Waals surface area contributed by atoms with Crippen LogP contribution in [0.1, 0.15) is 37.7 Å². The molecule has 0 spiro atoms. The molecule has 3 aliphatic heterocycles. The predicted molar refractivity (Wildman–Crippen MR) is 163 cm³/mol. The van der Waals surface area contributed by atoms with Gasteiger partial charge < -0.3 is 14.7 Å². The van der Waals surface area contributed by atoms with Crippen LogP contribution in [0.25, 0.3) is 32.8 Å². The lowest BCUT2D eigenvalue weighted by Crippen LogP contribution is -2.34. The van der Waals surface area contributed by atoms with Gasteiger partial charge in [-0.05, 0) is 73.9 Å². The number of halogens is 3. The fourth-order valence-electron chi connectivity index (χ4n) is 6.69. The summed E-state index contributed by atoms with van der Waals surface area (Å²) in [6.45, 7) is 3.05. The van der Waals surface area contributed by atoms with E-state index < -0.39 is 17.8 Å². The number of aromatic nitrogens is 2. The molecule has 2 unspecified atom stereocenters. The Morgan fingerprint density at radius 3 is 2.55 bits per heavy atom. The Bertz CT molecular complexity index is 1800. The van der Waals surface area contributed by atoms with Gasteiger partial charge in [-0.15, -0.1) is 6.42 Å². The average Bonchev–Trinajstić information content (AvgIpc) is 3.62. The van der Waals surface area contributed by atoms with E-state index in [0.29, 0.717) is 60.5 Å². The first-order chi connectivity index (χ1) is 21.3. The maximum absolute atomic E-state index is 16.1. The Kier molecular flexibility index (Phi) is 8.20. The van der Waals surface area contributed by atoms with Gasteiger partial charge in [-0.25, -0.2) is 13.2 Å². The van der Waals surface area contributed by atoms with Gasteiger partial charge in [-0.1, -0.05) is 18.1 Å². The van der Waals surface area contributed by atoms with Crippen molar-refractivity contribution in [2.24, 2.45) is 5.92 Å². The molecule has 4 aromatic rings. The van der Waals surface area contributed by atoms with Gasteiger partial charge in [0.25, 0.3) is 0 Å². The van der Waals surface area contributed by atoms with E-state index in [0.717, 1.165) is 13.0 Å². The van der Waals surface area contributed by atoms with Crippen LogP contribution in [0.5, 0.6) is 11.8 Å². The zero-order chi connectivity index (χ0) is 31.0. The predicted octanol–water partition coefficient (Wildman–Crippen LogP) is 6.36. The van der Waals surface area contributed by atoms with Crippen LogP contribution in [0.15, 0.2) is 36.4 Å². The van der Waals surface area contributed by atoms with Crippen molar-refractivity contribution >= 4 is 27.5 Å². The maximum Gasteiger partial charge on any atom is 0.318 e. The number of hydrogen-bond donors (Lipinski definition) is 1. The van der Waals surface area contributed by atoms with Crippen LogP contribution in [0.2, 0.25) is 0 Å². The van der Waals surface area contributed by atoms with E-state index >= 15 is 4.39 Å². The highest BCUT2D eigenvalue weighted by molar-refractivity contribution is 6.04. The van der Waals surface area contributed by atoms with Gasteiger partial charge in [0.2, 0.25) is 0 Å². The quantitative estimate of drug-likeness (QED) is 0.275. The molecular formula is C34H32F3N5O2. The molecular weight excluding hydrogens is 567 g/mol. The third-order valence-electron chi connectivity index (χ3n) is 8.87. The van der Waals surface area contributed by atoms with Gasteiger partial charge in [-0.2, -0.15) is 15.2 Å². The molecule has 0 bridgehead atoms. The van der Waals surface area contributed by atoms with Crippen molar-refractivity contribution in [1.29, 1.82) is 5.26 Å². The summed E-state index contributed by atoms with van der Waals surface area (Å²) in [6.07, 6.45) is 9.76. The number of aromatic hydroxyl groups is 1. The maximum atomic E-state index is 16.1. The fraction of sp³-hybridized carbons (Fsp3) is 0.382. The van der Waals surface area contributed by atoms with Gasteiger partial charge in [0.05, 0.1) is 18.7 Å². The number of rotatable bonds is 3. The van der Waals surface area contributed by atoms with E-state index in [2.05, 4.69) is 26.9 Å². The minimum atomic E-state index is -0.671. The van der Waals surface area contributed by atoms with Crippen molar-refractivity contribution < 1.29 is 23.0 Å². The summed E-state index contributed by atoms with van der Waals surface area (Å²) in [4.78, 5) is 13.0. The number of methoxy groups -OCH3 is 1. The summed E-state index contributed by atoms with van der Waals surface area (Å²) in [6, 6.07) is 11.7. The molecule has 1 aromatic heterocycles. The molecule has 44 heavy (non-hydrogen) atoms. The summed E-state index contributed by atoms with van der Waals surface area (Å²) in [7, 11) is 1.40. The summed E-state index contributed by atoms with van der Waals surface area (Å²) >= 11 is 0. The van der Waals surface area contributed by atoms with Crippen LogP contribution in [-0.2, 0) is 0 Å². The van der Waals surface area contributed by atoms with Crippen molar-refractivity contribution in [3.63, 3.8) is 0 Å². The third-order valence-corrected chi connectivity index (χ3v) is 8.87. The summed E-state index contributed by atoms with van der Waals surface area (Å²) in [5, 5.41) is 20.8. The zero-order valence-electron chi connectivity index (χ0n) is 24.4. The molecule has 3 saturated heterocycles. The van der Waals surface area contributed by atoms with Crippen LogP contribution in [0.4, 0.5) is 19.0 Å². The van der Waals surface area contributed by atoms with Gasteiger partial charge in [0.1, 0.15) is 29.1 Å². The monoisotopic (exact) mass is 599 g/mol. The standard InChI is InChI=1S/C27H20F2N4O2.C7H12FN/c1-3-18-22(28)7-4-16-12-17(34)13-21(23(16)18)19-5-6-20-25(24(19)29)31-27(35-2)32-26(20)33-10-8-15(14-30)9-11-33;8-6-4-7-2-1-3-9(7)5-6/h1,4-7,12-13,15,34H,8-11H2,2H3;6-7H,1-5H2. The van der Waals surface area contributed by atoms with E-state index in [1.807, 2.05) is 4.90 Å². The van der Waals surface area contributed by atoms with Crippen molar-refractivity contribution in [3.05, 3.63) is 53.6 Å². The van der Waals surface area contributed by atoms with Gasteiger partial charge in [0, 0.05) is 47.9 Å². The molecule has 2 atom stereocenters. The number of anilines is 1. The minimum Gasteiger partial charge on any atom is -0.508 e. The second-order valence-electron chi connectivity index (χ2n) is 11.5. The first-order valence-corrected chi connectivity index (χ1v) is 14.8. The van der Waals surface area contributed by atoms with Gasteiger partial charge in [-0.3, -0.25) is 4.90 Å². The fourth-order valence-corrected chi connectivity index (χ4v) is 6.69. The molecule has 7 rings (SSSR count). The lowest BCUT2D eigenvalue weighted by atomic mass is 9.93. The zero-order valence-corrected chi connectivity index (χ0v) is 24.4. The number of piperidine rings is 1. The van der Waals surface area contributed by atoms with Crippen LogP contribution >= 0.6 is 0 Å². The van der Waals surface area contributed by atoms with Crippen LogP contribution in [0, 0.1) is 41.2 Å². The number of benzene rings is 3. The van der Waals surface area contributed by atoms with E-state index in [1.54, 1.807) is 12.1 Å². The van der Waals surface area contributed by atoms with E-state index in [9.17, 15) is 19.1 Å². The Balaban J connectivity index is 0.000000323. The highest BCUT2D eigenvalue weighted by Gasteiger charge is 2.34. The Labute approximate surface area is 253 Å². The number of terminal acetylenes is 1. The molecule has 1 N–H and O–H groups in total. The first kappa shape index (κ1) is 29.5. The lowest BCUT2D eigenvalue weighted by molar-refractivity contribution is 0.292. The molecule has 0 radical (unpaired) electrons. The van der Waals surface area contributed by atoms with E-state index in [-0.39, 0.29) is 39.9 Å². The molecule has 0 saturated carbocycles. The Morgan fingerprint density at radius 2 is 1.84 bits per heavy atom. The number of ether oxygens (including phenoxy) is 1. The summed E-state index contributed by atoms with van der Waals surface area (Å²) in [5.41, 5.74) is 0.372. The second-order valence-corrected chi connectivity index (χ2v) is 11.5. The molecule has 4 heterocycles. The molecule has 226 valence electrons. The number of alkyl halides is 1. The smallest absolute Gasteiger partial charge is 0.318 e. The Morgan fingerprint density at radius 1 is 1.05 bits per heavy atom. The minimum absolute atomic E-state index is 0.00193. The first-order valence-electron chi connectivity index (χ1n) is 14.8. The van der Waals surface area contributed by atoms with Crippen molar-refractivity contribution in [2.45, 2.75) is 44.3 Å². The number of phenols is 1. The molecule has 10 heteroatoms. The molecule has 7 nitrogen and oxygen atoms in total. The lowest BCUT2D eigenvalue weighted by Gasteiger charge is -2.31. The molecule has 0 amide bonds. The number of nitrogens with zero attached hydrogens (tertiary/aromatic N) is 5.